The van der Waals surface area contributed by atoms with Crippen LogP contribution in [0.15, 0.2) is 24.4 Å². The SMILES string of the molecule is Cc1ccc(C)c(-n2cc(C=O)c(C3CCCO3)n2)c1. The van der Waals surface area contributed by atoms with E-state index in [4.69, 9.17) is 4.74 Å². The third-order valence-corrected chi connectivity index (χ3v) is 3.75. The summed E-state index contributed by atoms with van der Waals surface area (Å²) < 4.78 is 7.44. The second kappa shape index (κ2) is 5.21. The molecule has 20 heavy (non-hydrogen) atoms. The van der Waals surface area contributed by atoms with E-state index in [1.807, 2.05) is 13.8 Å². The van der Waals surface area contributed by atoms with Crippen molar-refractivity contribution in [2.24, 2.45) is 0 Å². The van der Waals surface area contributed by atoms with Crippen LogP contribution < -0.4 is 0 Å². The molecular weight excluding hydrogens is 252 g/mol. The average Bonchev–Trinajstić information content (AvgIpc) is 3.09. The van der Waals surface area contributed by atoms with E-state index in [0.717, 1.165) is 42.7 Å². The highest BCUT2D eigenvalue weighted by molar-refractivity contribution is 5.76. The van der Waals surface area contributed by atoms with Crippen LogP contribution in [0.25, 0.3) is 5.69 Å². The molecule has 0 aliphatic carbocycles. The molecule has 2 heterocycles. The number of hydrogen-bond acceptors (Lipinski definition) is 3. The van der Waals surface area contributed by atoms with Gasteiger partial charge in [0.05, 0.1) is 11.3 Å². The van der Waals surface area contributed by atoms with E-state index in [2.05, 4.69) is 23.3 Å². The van der Waals surface area contributed by atoms with Crippen LogP contribution in [0.4, 0.5) is 0 Å². The number of aldehydes is 1. The Bertz CT molecular complexity index is 640. The maximum atomic E-state index is 11.3. The lowest BCUT2D eigenvalue weighted by atomic mass is 10.1. The van der Waals surface area contributed by atoms with Gasteiger partial charge >= 0.3 is 0 Å². The molecule has 0 bridgehead atoms. The van der Waals surface area contributed by atoms with Gasteiger partial charge in [0, 0.05) is 12.8 Å². The van der Waals surface area contributed by atoms with Crippen LogP contribution in [0.2, 0.25) is 0 Å². The highest BCUT2D eigenvalue weighted by atomic mass is 16.5. The lowest BCUT2D eigenvalue weighted by Gasteiger charge is -2.08. The molecule has 104 valence electrons. The van der Waals surface area contributed by atoms with Gasteiger partial charge in [0.15, 0.2) is 6.29 Å². The molecule has 0 radical (unpaired) electrons. The maximum absolute atomic E-state index is 11.3. The number of carbonyl (C=O) groups excluding carboxylic acids is 1. The van der Waals surface area contributed by atoms with Crippen molar-refractivity contribution in [3.8, 4) is 5.69 Å². The Morgan fingerprint density at radius 3 is 2.95 bits per heavy atom. The zero-order valence-electron chi connectivity index (χ0n) is 11.8. The smallest absolute Gasteiger partial charge is 0.153 e. The Morgan fingerprint density at radius 1 is 1.40 bits per heavy atom. The number of ether oxygens (including phenoxy) is 1. The van der Waals surface area contributed by atoms with Crippen LogP contribution in [-0.2, 0) is 4.74 Å². The van der Waals surface area contributed by atoms with Crippen molar-refractivity contribution in [1.29, 1.82) is 0 Å². The predicted molar refractivity (Wildman–Crippen MR) is 76.4 cm³/mol. The second-order valence-corrected chi connectivity index (χ2v) is 5.32. The molecule has 2 aromatic rings. The van der Waals surface area contributed by atoms with E-state index >= 15 is 0 Å². The molecule has 0 N–H and O–H groups in total. The first kappa shape index (κ1) is 13.1. The van der Waals surface area contributed by atoms with Gasteiger partial charge in [0.25, 0.3) is 0 Å². The van der Waals surface area contributed by atoms with Crippen molar-refractivity contribution in [2.45, 2.75) is 32.8 Å². The predicted octanol–water partition coefficient (Wildman–Crippen LogP) is 3.15. The maximum Gasteiger partial charge on any atom is 0.153 e. The van der Waals surface area contributed by atoms with Crippen molar-refractivity contribution in [3.63, 3.8) is 0 Å². The fourth-order valence-corrected chi connectivity index (χ4v) is 2.62. The Hall–Kier alpha value is -1.94. The molecule has 1 aliphatic rings. The largest absolute Gasteiger partial charge is 0.372 e. The summed E-state index contributed by atoms with van der Waals surface area (Å²) >= 11 is 0. The van der Waals surface area contributed by atoms with Gasteiger partial charge in [-0.1, -0.05) is 12.1 Å². The standard InChI is InChI=1S/C16H18N2O2/c1-11-5-6-12(2)14(8-11)18-9-13(10-19)16(17-18)15-4-3-7-20-15/h5-6,8-10,15H,3-4,7H2,1-2H3. The van der Waals surface area contributed by atoms with Crippen molar-refractivity contribution < 1.29 is 9.53 Å². The third-order valence-electron chi connectivity index (χ3n) is 3.75. The zero-order valence-corrected chi connectivity index (χ0v) is 11.8. The minimum atomic E-state index is -0.0402. The number of carbonyl (C=O) groups is 1. The number of nitrogens with zero attached hydrogens (tertiary/aromatic N) is 2. The van der Waals surface area contributed by atoms with E-state index in [0.29, 0.717) is 5.56 Å². The first-order valence-electron chi connectivity index (χ1n) is 6.93. The summed E-state index contributed by atoms with van der Waals surface area (Å²) in [6.07, 6.45) is 4.59. The average molecular weight is 270 g/mol. The van der Waals surface area contributed by atoms with Crippen LogP contribution in [0.5, 0.6) is 0 Å². The molecule has 0 amide bonds. The Balaban J connectivity index is 2.06. The molecule has 4 heteroatoms. The molecule has 1 atom stereocenters. The van der Waals surface area contributed by atoms with Crippen LogP contribution >= 0.6 is 0 Å². The summed E-state index contributed by atoms with van der Waals surface area (Å²) in [6.45, 7) is 4.84. The first-order valence-corrected chi connectivity index (χ1v) is 6.93. The summed E-state index contributed by atoms with van der Waals surface area (Å²) in [6, 6.07) is 6.22. The quantitative estimate of drug-likeness (QED) is 0.805. The monoisotopic (exact) mass is 270 g/mol. The molecule has 3 rings (SSSR count). The number of aryl methyl sites for hydroxylation is 2. The van der Waals surface area contributed by atoms with Crippen molar-refractivity contribution in [1.82, 2.24) is 9.78 Å². The number of aromatic nitrogens is 2. The van der Waals surface area contributed by atoms with Gasteiger partial charge in [-0.05, 0) is 43.9 Å². The molecule has 1 aromatic carbocycles. The van der Waals surface area contributed by atoms with Crippen molar-refractivity contribution in [3.05, 3.63) is 46.8 Å². The normalized spacial score (nSPS) is 18.4. The van der Waals surface area contributed by atoms with Crippen LogP contribution in [0.1, 0.15) is 46.1 Å². The van der Waals surface area contributed by atoms with Gasteiger partial charge in [-0.15, -0.1) is 0 Å². The molecule has 1 unspecified atom stereocenters. The summed E-state index contributed by atoms with van der Waals surface area (Å²) in [5.74, 6) is 0. The van der Waals surface area contributed by atoms with Crippen LogP contribution in [-0.4, -0.2) is 22.7 Å². The van der Waals surface area contributed by atoms with E-state index in [1.54, 1.807) is 10.9 Å². The zero-order chi connectivity index (χ0) is 14.1. The number of rotatable bonds is 3. The minimum Gasteiger partial charge on any atom is -0.372 e. The van der Waals surface area contributed by atoms with Gasteiger partial charge < -0.3 is 4.74 Å². The van der Waals surface area contributed by atoms with Crippen LogP contribution in [0.3, 0.4) is 0 Å². The van der Waals surface area contributed by atoms with E-state index in [1.165, 1.54) is 5.56 Å². The Labute approximate surface area is 118 Å². The number of hydrogen-bond donors (Lipinski definition) is 0. The molecule has 0 saturated carbocycles. The molecule has 1 aliphatic heterocycles. The van der Waals surface area contributed by atoms with E-state index < -0.39 is 0 Å². The summed E-state index contributed by atoms with van der Waals surface area (Å²) in [5.41, 5.74) is 4.70. The lowest BCUT2D eigenvalue weighted by Crippen LogP contribution is -2.03. The van der Waals surface area contributed by atoms with E-state index in [-0.39, 0.29) is 6.10 Å². The Kier molecular flexibility index (Phi) is 3.40. The molecule has 1 aromatic heterocycles. The third kappa shape index (κ3) is 2.27. The Morgan fingerprint density at radius 2 is 2.25 bits per heavy atom. The molecule has 4 nitrogen and oxygen atoms in total. The molecule has 0 spiro atoms. The summed E-state index contributed by atoms with van der Waals surface area (Å²) in [7, 11) is 0. The van der Waals surface area contributed by atoms with Crippen LogP contribution in [0, 0.1) is 13.8 Å². The van der Waals surface area contributed by atoms with Gasteiger partial charge in [0.2, 0.25) is 0 Å². The highest BCUT2D eigenvalue weighted by Gasteiger charge is 2.24. The molecule has 1 saturated heterocycles. The fraction of sp³-hybridized carbons (Fsp3) is 0.375. The van der Waals surface area contributed by atoms with Crippen molar-refractivity contribution >= 4 is 6.29 Å². The fourth-order valence-electron chi connectivity index (χ4n) is 2.62. The van der Waals surface area contributed by atoms with Gasteiger partial charge in [-0.3, -0.25) is 4.79 Å². The van der Waals surface area contributed by atoms with Gasteiger partial charge in [-0.2, -0.15) is 5.10 Å². The highest BCUT2D eigenvalue weighted by Crippen LogP contribution is 2.30. The van der Waals surface area contributed by atoms with Gasteiger partial charge in [0.1, 0.15) is 11.8 Å². The van der Waals surface area contributed by atoms with E-state index in [9.17, 15) is 4.79 Å². The minimum absolute atomic E-state index is 0.0402. The summed E-state index contributed by atoms with van der Waals surface area (Å²) in [5, 5.41) is 4.60. The van der Waals surface area contributed by atoms with Gasteiger partial charge in [-0.25, -0.2) is 4.68 Å². The first-order chi connectivity index (χ1) is 9.69. The second-order valence-electron chi connectivity index (χ2n) is 5.32. The number of benzene rings is 1. The lowest BCUT2D eigenvalue weighted by molar-refractivity contribution is 0.104. The molecule has 1 fully saturated rings. The van der Waals surface area contributed by atoms with Crippen molar-refractivity contribution in [2.75, 3.05) is 6.61 Å². The topological polar surface area (TPSA) is 44.1 Å². The molecular formula is C16H18N2O2. The summed E-state index contributed by atoms with van der Waals surface area (Å²) in [4.78, 5) is 11.3.